The van der Waals surface area contributed by atoms with Crippen LogP contribution in [0.5, 0.6) is 0 Å². The molecule has 4 rings (SSSR count). The van der Waals surface area contributed by atoms with Gasteiger partial charge in [0.05, 0.1) is 5.56 Å². The van der Waals surface area contributed by atoms with E-state index in [1.165, 1.54) is 35.1 Å². The van der Waals surface area contributed by atoms with Gasteiger partial charge in [0.25, 0.3) is 16.1 Å². The molecule has 10 heteroatoms. The van der Waals surface area contributed by atoms with E-state index in [2.05, 4.69) is 15.3 Å². The van der Waals surface area contributed by atoms with Crippen molar-refractivity contribution < 1.29 is 13.2 Å². The van der Waals surface area contributed by atoms with E-state index in [1.807, 2.05) is 6.92 Å². The first-order valence-electron chi connectivity index (χ1n) is 8.87. The number of nitrogens with zero attached hydrogens (tertiary/aromatic N) is 5. The van der Waals surface area contributed by atoms with Gasteiger partial charge in [0, 0.05) is 58.7 Å². The lowest BCUT2D eigenvalue weighted by Crippen LogP contribution is -2.48. The van der Waals surface area contributed by atoms with Crippen LogP contribution in [0.15, 0.2) is 12.4 Å². The summed E-state index contributed by atoms with van der Waals surface area (Å²) in [6.45, 7) is 4.01. The van der Waals surface area contributed by atoms with Crippen LogP contribution in [0, 0.1) is 5.92 Å². The second kappa shape index (κ2) is 7.45. The molecule has 1 amide bonds. The second-order valence-electron chi connectivity index (χ2n) is 6.99. The molecule has 3 aliphatic rings. The highest BCUT2D eigenvalue weighted by molar-refractivity contribution is 7.86. The third-order valence-electron chi connectivity index (χ3n) is 4.96. The minimum Gasteiger partial charge on any atom is -0.355 e. The van der Waals surface area contributed by atoms with Gasteiger partial charge in [-0.3, -0.25) is 4.79 Å². The van der Waals surface area contributed by atoms with Gasteiger partial charge >= 0.3 is 0 Å². The highest BCUT2D eigenvalue weighted by Gasteiger charge is 2.41. The molecule has 0 spiro atoms. The number of aromatic nitrogens is 2. The monoisotopic (exact) mass is 382 g/mol. The van der Waals surface area contributed by atoms with Crippen molar-refractivity contribution in [1.82, 2.24) is 23.5 Å². The van der Waals surface area contributed by atoms with Crippen molar-refractivity contribution in [2.75, 3.05) is 45.6 Å². The van der Waals surface area contributed by atoms with Gasteiger partial charge in [-0.1, -0.05) is 0 Å². The number of nitrogens with one attached hydrogen (secondary N) is 1. The first-order valence-corrected chi connectivity index (χ1v) is 10.3. The number of hydrogen-bond acceptors (Lipinski definition) is 6. The number of anilines is 1. The van der Waals surface area contributed by atoms with Gasteiger partial charge in [-0.15, -0.1) is 0 Å². The summed E-state index contributed by atoms with van der Waals surface area (Å²) in [5, 5.41) is 3.00. The Morgan fingerprint density at radius 1 is 1.23 bits per heavy atom. The van der Waals surface area contributed by atoms with Gasteiger partial charge in [0.1, 0.15) is 0 Å². The molecule has 1 aromatic heterocycles. The van der Waals surface area contributed by atoms with Crippen molar-refractivity contribution in [1.29, 1.82) is 0 Å². The van der Waals surface area contributed by atoms with Crippen molar-refractivity contribution in [3.8, 4) is 0 Å². The van der Waals surface area contributed by atoms with Gasteiger partial charge in [0.2, 0.25) is 5.95 Å². The van der Waals surface area contributed by atoms with Crippen molar-refractivity contribution in [3.05, 3.63) is 18.0 Å². The van der Waals surface area contributed by atoms with Crippen LogP contribution >= 0.6 is 0 Å². The summed E-state index contributed by atoms with van der Waals surface area (Å²) in [6, 6.07) is -0.121. The molecule has 0 radical (unpaired) electrons. The minimum absolute atomic E-state index is 0.121. The van der Waals surface area contributed by atoms with Crippen LogP contribution in [0.3, 0.4) is 0 Å². The highest BCUT2D eigenvalue weighted by atomic mass is 32.2. The topological polar surface area (TPSA) is 98.7 Å². The molecule has 3 saturated heterocycles. The SMILES string of the molecule is CCNc1ncc(C(=O)N2C[C@H]3CC[C@@H]2CN(S(=O)(=O)N(C)C)C3)cn1. The van der Waals surface area contributed by atoms with Gasteiger partial charge < -0.3 is 10.2 Å². The Morgan fingerprint density at radius 2 is 1.92 bits per heavy atom. The number of fused-ring (bicyclic) bond motifs is 4. The molecule has 3 aliphatic heterocycles. The van der Waals surface area contributed by atoms with Gasteiger partial charge in [0.15, 0.2) is 0 Å². The fourth-order valence-corrected chi connectivity index (χ4v) is 4.78. The number of amides is 1. The molecule has 3 fully saturated rings. The van der Waals surface area contributed by atoms with E-state index in [0.717, 1.165) is 12.8 Å². The van der Waals surface area contributed by atoms with E-state index < -0.39 is 10.2 Å². The Morgan fingerprint density at radius 3 is 2.54 bits per heavy atom. The number of carbonyl (C=O) groups excluding carboxylic acids is 1. The minimum atomic E-state index is -3.48. The van der Waals surface area contributed by atoms with Crippen LogP contribution in [0.25, 0.3) is 0 Å². The Hall–Kier alpha value is -1.78. The zero-order valence-corrected chi connectivity index (χ0v) is 16.2. The molecule has 0 aliphatic carbocycles. The Kier molecular flexibility index (Phi) is 5.44. The predicted molar refractivity (Wildman–Crippen MR) is 97.9 cm³/mol. The van der Waals surface area contributed by atoms with Crippen molar-refractivity contribution in [3.63, 3.8) is 0 Å². The molecule has 4 heterocycles. The summed E-state index contributed by atoms with van der Waals surface area (Å²) in [7, 11) is -0.407. The molecule has 2 atom stereocenters. The maximum absolute atomic E-state index is 12.9. The normalized spacial score (nSPS) is 23.9. The molecule has 1 aromatic rings. The van der Waals surface area contributed by atoms with Gasteiger partial charge in [-0.05, 0) is 25.7 Å². The lowest BCUT2D eigenvalue weighted by molar-refractivity contribution is 0.0587. The summed E-state index contributed by atoms with van der Waals surface area (Å²) >= 11 is 0. The Labute approximate surface area is 154 Å². The second-order valence-corrected chi connectivity index (χ2v) is 9.13. The molecular weight excluding hydrogens is 356 g/mol. The highest BCUT2D eigenvalue weighted by Crippen LogP contribution is 2.30. The Balaban J connectivity index is 1.78. The first kappa shape index (κ1) is 19.0. The third-order valence-corrected chi connectivity index (χ3v) is 6.84. The fraction of sp³-hybridized carbons (Fsp3) is 0.688. The molecule has 2 bridgehead atoms. The van der Waals surface area contributed by atoms with Crippen LogP contribution in [-0.4, -0.2) is 84.1 Å². The molecule has 144 valence electrons. The van der Waals surface area contributed by atoms with Crippen molar-refractivity contribution in [2.45, 2.75) is 25.8 Å². The molecule has 1 N–H and O–H groups in total. The molecular formula is C16H26N6O3S. The van der Waals surface area contributed by atoms with E-state index in [0.29, 0.717) is 37.7 Å². The summed E-state index contributed by atoms with van der Waals surface area (Å²) in [6.07, 6.45) is 4.80. The van der Waals surface area contributed by atoms with E-state index in [9.17, 15) is 13.2 Å². The smallest absolute Gasteiger partial charge is 0.281 e. The van der Waals surface area contributed by atoms with E-state index >= 15 is 0 Å². The summed E-state index contributed by atoms with van der Waals surface area (Å²) in [5.41, 5.74) is 0.432. The number of hydrogen-bond donors (Lipinski definition) is 1. The van der Waals surface area contributed by atoms with Gasteiger partial charge in [-0.25, -0.2) is 9.97 Å². The molecule has 0 aromatic carbocycles. The van der Waals surface area contributed by atoms with E-state index in [-0.39, 0.29) is 17.9 Å². The lowest BCUT2D eigenvalue weighted by Gasteiger charge is -2.36. The third kappa shape index (κ3) is 3.67. The number of piperidine rings is 1. The van der Waals surface area contributed by atoms with E-state index in [4.69, 9.17) is 0 Å². The predicted octanol–water partition coefficient (Wildman–Crippen LogP) is 0.251. The first-order chi connectivity index (χ1) is 12.3. The largest absolute Gasteiger partial charge is 0.355 e. The maximum atomic E-state index is 12.9. The standard InChI is InChI=1S/C16H26N6O3S/c1-4-17-16-18-7-13(8-19-16)15(23)22-10-12-5-6-14(22)11-21(9-12)26(24,25)20(2)3/h7-8,12,14H,4-6,9-11H2,1-3H3,(H,17,18,19)/t12-,14+/m0/s1. The summed E-state index contributed by atoms with van der Waals surface area (Å²) in [5.74, 6) is 0.505. The number of carbonyl (C=O) groups is 1. The fourth-order valence-electron chi connectivity index (χ4n) is 3.56. The molecule has 9 nitrogen and oxygen atoms in total. The van der Waals surface area contributed by atoms with Crippen LogP contribution in [-0.2, 0) is 10.2 Å². The van der Waals surface area contributed by atoms with Crippen LogP contribution in [0.1, 0.15) is 30.1 Å². The lowest BCUT2D eigenvalue weighted by atomic mass is 9.94. The Bertz CT molecular complexity index is 752. The molecule has 0 unspecified atom stereocenters. The zero-order chi connectivity index (χ0) is 18.9. The van der Waals surface area contributed by atoms with Crippen molar-refractivity contribution in [2.24, 2.45) is 5.92 Å². The zero-order valence-electron chi connectivity index (χ0n) is 15.4. The van der Waals surface area contributed by atoms with E-state index in [1.54, 1.807) is 4.90 Å². The summed E-state index contributed by atoms with van der Waals surface area (Å²) < 4.78 is 27.8. The average Bonchev–Trinajstić information content (AvgIpc) is 2.94. The molecule has 26 heavy (non-hydrogen) atoms. The van der Waals surface area contributed by atoms with Crippen LogP contribution in [0.2, 0.25) is 0 Å². The van der Waals surface area contributed by atoms with Crippen LogP contribution in [0.4, 0.5) is 5.95 Å². The number of rotatable bonds is 5. The maximum Gasteiger partial charge on any atom is 0.281 e. The van der Waals surface area contributed by atoms with Crippen LogP contribution < -0.4 is 5.32 Å². The quantitative estimate of drug-likeness (QED) is 0.784. The average molecular weight is 382 g/mol. The van der Waals surface area contributed by atoms with Crippen molar-refractivity contribution >= 4 is 22.1 Å². The molecule has 0 saturated carbocycles. The van der Waals surface area contributed by atoms with Gasteiger partial charge in [-0.2, -0.15) is 17.0 Å². The summed E-state index contributed by atoms with van der Waals surface area (Å²) in [4.78, 5) is 23.1.